The molecule has 1 aromatic rings. The summed E-state index contributed by atoms with van der Waals surface area (Å²) in [6.45, 7) is 5.60. The SMILES string of the molecule is CCNCC1CCN(C(=O)CCC(=O)N2CC(=O)Nc3ccccc32)CC1.Cl. The molecule has 1 fully saturated rings. The van der Waals surface area contributed by atoms with Gasteiger partial charge in [0.05, 0.1) is 11.4 Å². The third-order valence-electron chi connectivity index (χ3n) is 5.27. The lowest BCUT2D eigenvalue weighted by atomic mass is 9.96. The van der Waals surface area contributed by atoms with Crippen LogP contribution in [0.2, 0.25) is 0 Å². The quantitative estimate of drug-likeness (QED) is 0.754. The van der Waals surface area contributed by atoms with Gasteiger partial charge in [0.1, 0.15) is 6.54 Å². The molecule has 154 valence electrons. The summed E-state index contributed by atoms with van der Waals surface area (Å²) < 4.78 is 0. The summed E-state index contributed by atoms with van der Waals surface area (Å²) >= 11 is 0. The minimum Gasteiger partial charge on any atom is -0.343 e. The maximum Gasteiger partial charge on any atom is 0.244 e. The van der Waals surface area contributed by atoms with Gasteiger partial charge in [0.2, 0.25) is 17.7 Å². The van der Waals surface area contributed by atoms with Gasteiger partial charge in [-0.3, -0.25) is 14.4 Å². The Balaban J connectivity index is 0.00000280. The Morgan fingerprint density at radius 2 is 1.82 bits per heavy atom. The highest BCUT2D eigenvalue weighted by Gasteiger charge is 2.28. The average molecular weight is 409 g/mol. The van der Waals surface area contributed by atoms with Gasteiger partial charge in [0, 0.05) is 25.9 Å². The normalized spacial score (nSPS) is 16.8. The molecule has 0 aliphatic carbocycles. The zero-order valence-electron chi connectivity index (χ0n) is 16.3. The van der Waals surface area contributed by atoms with Gasteiger partial charge in [-0.05, 0) is 44.0 Å². The van der Waals surface area contributed by atoms with Gasteiger partial charge in [-0.15, -0.1) is 12.4 Å². The molecule has 2 heterocycles. The van der Waals surface area contributed by atoms with E-state index >= 15 is 0 Å². The number of hydrogen-bond acceptors (Lipinski definition) is 4. The van der Waals surface area contributed by atoms with Crippen molar-refractivity contribution >= 4 is 41.5 Å². The number of para-hydroxylation sites is 2. The van der Waals surface area contributed by atoms with Crippen LogP contribution in [0.25, 0.3) is 0 Å². The molecule has 2 aliphatic heterocycles. The molecule has 0 atom stereocenters. The molecule has 0 bridgehead atoms. The third-order valence-corrected chi connectivity index (χ3v) is 5.27. The van der Waals surface area contributed by atoms with E-state index in [9.17, 15) is 14.4 Å². The van der Waals surface area contributed by atoms with Crippen LogP contribution < -0.4 is 15.5 Å². The minimum absolute atomic E-state index is 0. The van der Waals surface area contributed by atoms with E-state index in [0.717, 1.165) is 39.0 Å². The van der Waals surface area contributed by atoms with E-state index in [1.54, 1.807) is 6.07 Å². The Kier molecular flexibility index (Phi) is 8.26. The van der Waals surface area contributed by atoms with Crippen LogP contribution in [0, 0.1) is 5.92 Å². The highest BCUT2D eigenvalue weighted by atomic mass is 35.5. The van der Waals surface area contributed by atoms with Gasteiger partial charge in [-0.2, -0.15) is 0 Å². The first-order valence-electron chi connectivity index (χ1n) is 9.76. The number of hydrogen-bond donors (Lipinski definition) is 2. The van der Waals surface area contributed by atoms with Crippen molar-refractivity contribution in [3.63, 3.8) is 0 Å². The molecule has 3 rings (SSSR count). The van der Waals surface area contributed by atoms with Crippen LogP contribution in [-0.4, -0.2) is 55.3 Å². The molecule has 0 spiro atoms. The molecule has 2 aliphatic rings. The molecular formula is C20H29ClN4O3. The predicted octanol–water partition coefficient (Wildman–Crippen LogP) is 2.02. The summed E-state index contributed by atoms with van der Waals surface area (Å²) in [6, 6.07) is 7.23. The summed E-state index contributed by atoms with van der Waals surface area (Å²) in [5, 5.41) is 6.13. The third kappa shape index (κ3) is 5.45. The minimum atomic E-state index is -0.212. The van der Waals surface area contributed by atoms with E-state index in [-0.39, 0.29) is 49.5 Å². The molecule has 0 radical (unpaired) electrons. The molecule has 1 aromatic carbocycles. The average Bonchev–Trinajstić information content (AvgIpc) is 2.69. The number of likely N-dealkylation sites (tertiary alicyclic amines) is 1. The number of amides is 3. The Labute approximate surface area is 172 Å². The van der Waals surface area contributed by atoms with Gasteiger partial charge >= 0.3 is 0 Å². The van der Waals surface area contributed by atoms with E-state index < -0.39 is 0 Å². The molecule has 0 saturated carbocycles. The Bertz CT molecular complexity index is 704. The smallest absolute Gasteiger partial charge is 0.244 e. The zero-order valence-corrected chi connectivity index (χ0v) is 17.1. The number of halogens is 1. The summed E-state index contributed by atoms with van der Waals surface area (Å²) in [6.07, 6.45) is 2.33. The van der Waals surface area contributed by atoms with Crippen molar-refractivity contribution in [2.24, 2.45) is 5.92 Å². The van der Waals surface area contributed by atoms with Crippen LogP contribution in [0.4, 0.5) is 11.4 Å². The lowest BCUT2D eigenvalue weighted by molar-refractivity contribution is -0.134. The van der Waals surface area contributed by atoms with Crippen LogP contribution in [-0.2, 0) is 14.4 Å². The number of fused-ring (bicyclic) bond motifs is 1. The lowest BCUT2D eigenvalue weighted by Crippen LogP contribution is -2.43. The molecule has 3 amide bonds. The van der Waals surface area contributed by atoms with E-state index in [4.69, 9.17) is 0 Å². The van der Waals surface area contributed by atoms with Gasteiger partial charge in [-0.1, -0.05) is 19.1 Å². The van der Waals surface area contributed by atoms with Crippen molar-refractivity contribution < 1.29 is 14.4 Å². The van der Waals surface area contributed by atoms with Gasteiger partial charge in [0.15, 0.2) is 0 Å². The second-order valence-corrected chi connectivity index (χ2v) is 7.18. The van der Waals surface area contributed by atoms with Crippen molar-refractivity contribution in [1.82, 2.24) is 10.2 Å². The molecule has 7 nitrogen and oxygen atoms in total. The van der Waals surface area contributed by atoms with Crippen molar-refractivity contribution in [3.8, 4) is 0 Å². The standard InChI is InChI=1S/C20H28N4O3.ClH/c1-2-21-13-15-9-11-23(12-10-15)19(26)7-8-20(27)24-14-18(25)22-16-5-3-4-6-17(16)24;/h3-6,15,21H,2,7-14H2,1H3,(H,22,25);1H. The first-order valence-corrected chi connectivity index (χ1v) is 9.76. The second-order valence-electron chi connectivity index (χ2n) is 7.18. The molecule has 1 saturated heterocycles. The number of nitrogens with one attached hydrogen (secondary N) is 2. The topological polar surface area (TPSA) is 81.8 Å². The van der Waals surface area contributed by atoms with Gasteiger partial charge in [0.25, 0.3) is 0 Å². The molecule has 0 aromatic heterocycles. The van der Waals surface area contributed by atoms with Crippen LogP contribution in [0.3, 0.4) is 0 Å². The van der Waals surface area contributed by atoms with Crippen LogP contribution >= 0.6 is 12.4 Å². The highest BCUT2D eigenvalue weighted by molar-refractivity contribution is 6.10. The number of piperidine rings is 1. The number of anilines is 2. The lowest BCUT2D eigenvalue weighted by Gasteiger charge is -2.32. The maximum atomic E-state index is 12.6. The first kappa shape index (κ1) is 22.2. The second kappa shape index (κ2) is 10.4. The van der Waals surface area contributed by atoms with E-state index in [2.05, 4.69) is 17.6 Å². The summed E-state index contributed by atoms with van der Waals surface area (Å²) in [5.74, 6) is 0.253. The molecule has 2 N–H and O–H groups in total. The molecule has 28 heavy (non-hydrogen) atoms. The Morgan fingerprint density at radius 1 is 1.14 bits per heavy atom. The van der Waals surface area contributed by atoms with Crippen molar-refractivity contribution in [1.29, 1.82) is 0 Å². The zero-order chi connectivity index (χ0) is 19.2. The fraction of sp³-hybridized carbons (Fsp3) is 0.550. The van der Waals surface area contributed by atoms with E-state index in [1.165, 1.54) is 4.90 Å². The largest absolute Gasteiger partial charge is 0.343 e. The van der Waals surface area contributed by atoms with E-state index in [0.29, 0.717) is 17.3 Å². The molecule has 0 unspecified atom stereocenters. The van der Waals surface area contributed by atoms with Crippen LogP contribution in [0.15, 0.2) is 24.3 Å². The highest BCUT2D eigenvalue weighted by Crippen LogP contribution is 2.29. The molecule has 8 heteroatoms. The van der Waals surface area contributed by atoms with Crippen molar-refractivity contribution in [2.75, 3.05) is 42.9 Å². The van der Waals surface area contributed by atoms with Crippen LogP contribution in [0.1, 0.15) is 32.6 Å². The first-order chi connectivity index (χ1) is 13.1. The predicted molar refractivity (Wildman–Crippen MR) is 112 cm³/mol. The number of benzene rings is 1. The van der Waals surface area contributed by atoms with Crippen LogP contribution in [0.5, 0.6) is 0 Å². The number of rotatable bonds is 6. The molecular weight excluding hydrogens is 380 g/mol. The van der Waals surface area contributed by atoms with Gasteiger partial charge in [-0.25, -0.2) is 0 Å². The summed E-state index contributed by atoms with van der Waals surface area (Å²) in [4.78, 5) is 40.3. The van der Waals surface area contributed by atoms with Gasteiger partial charge < -0.3 is 20.4 Å². The summed E-state index contributed by atoms with van der Waals surface area (Å²) in [5.41, 5.74) is 1.33. The monoisotopic (exact) mass is 408 g/mol. The van der Waals surface area contributed by atoms with Crippen molar-refractivity contribution in [2.45, 2.75) is 32.6 Å². The van der Waals surface area contributed by atoms with E-state index in [1.807, 2.05) is 23.1 Å². The fourth-order valence-electron chi connectivity index (χ4n) is 3.70. The number of nitrogens with zero attached hydrogens (tertiary/aromatic N) is 2. The van der Waals surface area contributed by atoms with Crippen molar-refractivity contribution in [3.05, 3.63) is 24.3 Å². The number of carbonyl (C=O) groups excluding carboxylic acids is 3. The Morgan fingerprint density at radius 3 is 2.54 bits per heavy atom. The Hall–Kier alpha value is -2.12. The summed E-state index contributed by atoms with van der Waals surface area (Å²) in [7, 11) is 0. The number of carbonyl (C=O) groups is 3. The maximum absolute atomic E-state index is 12.6. The fourth-order valence-corrected chi connectivity index (χ4v) is 3.70.